The molecule has 1 fully saturated rings. The van der Waals surface area contributed by atoms with Gasteiger partial charge in [-0.1, -0.05) is 44.2 Å². The lowest BCUT2D eigenvalue weighted by atomic mass is 9.97. The van der Waals surface area contributed by atoms with E-state index < -0.39 is 17.5 Å². The Hall–Kier alpha value is -3.09. The first kappa shape index (κ1) is 19.7. The number of hydrogen-bond donors (Lipinski definition) is 2. The van der Waals surface area contributed by atoms with E-state index in [4.69, 9.17) is 4.42 Å². The lowest BCUT2D eigenvalue weighted by Crippen LogP contribution is -2.43. The molecular weight excluding hydrogens is 358 g/mol. The van der Waals surface area contributed by atoms with Crippen LogP contribution in [-0.4, -0.2) is 29.3 Å². The summed E-state index contributed by atoms with van der Waals surface area (Å²) in [5.74, 6) is -0.204. The number of benzene rings is 1. The maximum atomic E-state index is 12.8. The minimum atomic E-state index is -1.31. The summed E-state index contributed by atoms with van der Waals surface area (Å²) >= 11 is 0. The number of hydrogen-bond acceptors (Lipinski definition) is 4. The molecule has 0 saturated carbocycles. The van der Waals surface area contributed by atoms with E-state index >= 15 is 0 Å². The highest BCUT2D eigenvalue weighted by Gasteiger charge is 2.51. The molecule has 2 N–H and O–H groups in total. The summed E-state index contributed by atoms with van der Waals surface area (Å²) in [7, 11) is 0. The second kappa shape index (κ2) is 7.88. The molecule has 2 unspecified atom stereocenters. The fraction of sp³-hybridized carbons (Fsp3) is 0.381. The van der Waals surface area contributed by atoms with Crippen LogP contribution in [0.2, 0.25) is 0 Å². The molecule has 7 nitrogen and oxygen atoms in total. The summed E-state index contributed by atoms with van der Waals surface area (Å²) in [5, 5.41) is 5.58. The molecule has 4 amide bonds. The molecule has 0 bridgehead atoms. The first-order chi connectivity index (χ1) is 13.3. The topological polar surface area (TPSA) is 91.7 Å². The number of furan rings is 1. The van der Waals surface area contributed by atoms with Crippen LogP contribution in [0.5, 0.6) is 0 Å². The molecule has 1 aromatic carbocycles. The average Bonchev–Trinajstić information content (AvgIpc) is 3.26. The SMILES string of the molecule is CC(C)CC(NC(=O)CN1C(=O)NC(C)(c2ccco2)C1=O)c1ccccc1. The summed E-state index contributed by atoms with van der Waals surface area (Å²) < 4.78 is 5.30. The lowest BCUT2D eigenvalue weighted by Gasteiger charge is -2.23. The van der Waals surface area contributed by atoms with Gasteiger partial charge in [-0.25, -0.2) is 4.79 Å². The fourth-order valence-electron chi connectivity index (χ4n) is 3.39. The Labute approximate surface area is 164 Å². The summed E-state index contributed by atoms with van der Waals surface area (Å²) in [6, 6.07) is 12.1. The van der Waals surface area contributed by atoms with Gasteiger partial charge in [-0.15, -0.1) is 0 Å². The summed E-state index contributed by atoms with van der Waals surface area (Å²) in [6.45, 7) is 5.38. The first-order valence-corrected chi connectivity index (χ1v) is 9.33. The number of urea groups is 1. The first-order valence-electron chi connectivity index (χ1n) is 9.33. The third-order valence-corrected chi connectivity index (χ3v) is 4.83. The molecule has 0 radical (unpaired) electrons. The van der Waals surface area contributed by atoms with Gasteiger partial charge in [-0.05, 0) is 37.0 Å². The number of nitrogens with zero attached hydrogens (tertiary/aromatic N) is 1. The minimum Gasteiger partial charge on any atom is -0.466 e. The van der Waals surface area contributed by atoms with Crippen LogP contribution in [-0.2, 0) is 15.1 Å². The summed E-state index contributed by atoms with van der Waals surface area (Å²) in [5.41, 5.74) is -0.320. The van der Waals surface area contributed by atoms with Crippen molar-refractivity contribution >= 4 is 17.8 Å². The predicted octanol–water partition coefficient (Wildman–Crippen LogP) is 2.95. The molecule has 3 rings (SSSR count). The molecule has 2 aromatic rings. The normalized spacial score (nSPS) is 20.4. The lowest BCUT2D eigenvalue weighted by molar-refractivity contribution is -0.135. The number of carbonyl (C=O) groups is 3. The number of amides is 4. The van der Waals surface area contributed by atoms with Crippen molar-refractivity contribution in [2.24, 2.45) is 5.92 Å². The maximum absolute atomic E-state index is 12.8. The molecule has 1 saturated heterocycles. The van der Waals surface area contributed by atoms with E-state index in [-0.39, 0.29) is 18.5 Å². The Morgan fingerprint density at radius 1 is 1.18 bits per heavy atom. The van der Waals surface area contributed by atoms with Gasteiger partial charge in [0.2, 0.25) is 5.91 Å². The molecule has 2 heterocycles. The van der Waals surface area contributed by atoms with Gasteiger partial charge < -0.3 is 15.1 Å². The predicted molar refractivity (Wildman–Crippen MR) is 103 cm³/mol. The van der Waals surface area contributed by atoms with Crippen molar-refractivity contribution in [2.75, 3.05) is 6.54 Å². The van der Waals surface area contributed by atoms with Gasteiger partial charge in [-0.2, -0.15) is 0 Å². The van der Waals surface area contributed by atoms with Crippen LogP contribution in [0, 0.1) is 5.92 Å². The van der Waals surface area contributed by atoms with Crippen LogP contribution >= 0.6 is 0 Å². The van der Waals surface area contributed by atoms with Crippen LogP contribution in [0.3, 0.4) is 0 Å². The molecule has 0 aliphatic carbocycles. The monoisotopic (exact) mass is 383 g/mol. The van der Waals surface area contributed by atoms with Gasteiger partial charge >= 0.3 is 6.03 Å². The van der Waals surface area contributed by atoms with Gasteiger partial charge in [0.05, 0.1) is 12.3 Å². The molecule has 1 aliphatic rings. The molecule has 2 atom stereocenters. The zero-order valence-corrected chi connectivity index (χ0v) is 16.3. The number of rotatable bonds is 7. The van der Waals surface area contributed by atoms with Gasteiger partial charge in [0, 0.05) is 0 Å². The van der Waals surface area contributed by atoms with Crippen LogP contribution < -0.4 is 10.6 Å². The van der Waals surface area contributed by atoms with Crippen LogP contribution in [0.25, 0.3) is 0 Å². The Kier molecular flexibility index (Phi) is 5.53. The van der Waals surface area contributed by atoms with Gasteiger partial charge in [0.1, 0.15) is 12.3 Å². The van der Waals surface area contributed by atoms with Gasteiger partial charge in [0.25, 0.3) is 5.91 Å². The van der Waals surface area contributed by atoms with Crippen LogP contribution in [0.15, 0.2) is 53.1 Å². The number of imide groups is 1. The van der Waals surface area contributed by atoms with E-state index in [2.05, 4.69) is 24.5 Å². The van der Waals surface area contributed by atoms with Crippen molar-refractivity contribution in [1.82, 2.24) is 15.5 Å². The van der Waals surface area contributed by atoms with Gasteiger partial charge in [-0.3, -0.25) is 14.5 Å². The van der Waals surface area contributed by atoms with E-state index in [1.165, 1.54) is 6.26 Å². The second-order valence-corrected chi connectivity index (χ2v) is 7.58. The standard InChI is InChI=1S/C21H25N3O4/c1-14(2)12-16(15-8-5-4-6-9-15)22-18(25)13-24-19(26)21(3,23-20(24)27)17-10-7-11-28-17/h4-11,14,16H,12-13H2,1-3H3,(H,22,25)(H,23,27). The van der Waals surface area contributed by atoms with Crippen molar-refractivity contribution in [2.45, 2.75) is 38.8 Å². The molecule has 28 heavy (non-hydrogen) atoms. The largest absolute Gasteiger partial charge is 0.466 e. The molecule has 148 valence electrons. The van der Waals surface area contributed by atoms with Crippen molar-refractivity contribution in [3.8, 4) is 0 Å². The fourth-order valence-corrected chi connectivity index (χ4v) is 3.39. The second-order valence-electron chi connectivity index (χ2n) is 7.58. The highest BCUT2D eigenvalue weighted by atomic mass is 16.3. The molecule has 0 spiro atoms. The van der Waals surface area contributed by atoms with Crippen molar-refractivity contribution in [3.63, 3.8) is 0 Å². The van der Waals surface area contributed by atoms with Crippen LogP contribution in [0.1, 0.15) is 44.6 Å². The minimum absolute atomic E-state index is 0.189. The van der Waals surface area contributed by atoms with Crippen molar-refractivity contribution in [1.29, 1.82) is 0 Å². The van der Waals surface area contributed by atoms with Crippen molar-refractivity contribution in [3.05, 3.63) is 60.1 Å². The van der Waals surface area contributed by atoms with E-state index in [1.807, 2.05) is 30.3 Å². The zero-order valence-electron chi connectivity index (χ0n) is 16.3. The van der Waals surface area contributed by atoms with E-state index in [0.29, 0.717) is 11.7 Å². The smallest absolute Gasteiger partial charge is 0.325 e. The Balaban J connectivity index is 1.71. The summed E-state index contributed by atoms with van der Waals surface area (Å²) in [4.78, 5) is 38.7. The van der Waals surface area contributed by atoms with E-state index in [1.54, 1.807) is 19.1 Å². The Morgan fingerprint density at radius 2 is 1.89 bits per heavy atom. The van der Waals surface area contributed by atoms with Gasteiger partial charge in [0.15, 0.2) is 5.54 Å². The Bertz CT molecular complexity index is 848. The average molecular weight is 383 g/mol. The quantitative estimate of drug-likeness (QED) is 0.719. The van der Waals surface area contributed by atoms with Crippen LogP contribution in [0.4, 0.5) is 4.79 Å². The number of nitrogens with one attached hydrogen (secondary N) is 2. The number of carbonyl (C=O) groups excluding carboxylic acids is 3. The summed E-state index contributed by atoms with van der Waals surface area (Å²) in [6.07, 6.45) is 2.19. The highest BCUT2D eigenvalue weighted by molar-refractivity contribution is 6.08. The van der Waals surface area contributed by atoms with Crippen molar-refractivity contribution < 1.29 is 18.8 Å². The van der Waals surface area contributed by atoms with E-state index in [9.17, 15) is 14.4 Å². The third-order valence-electron chi connectivity index (χ3n) is 4.83. The highest BCUT2D eigenvalue weighted by Crippen LogP contribution is 2.29. The van der Waals surface area contributed by atoms with E-state index in [0.717, 1.165) is 16.9 Å². The zero-order chi connectivity index (χ0) is 20.3. The maximum Gasteiger partial charge on any atom is 0.325 e. The molecular formula is C21H25N3O4. The molecule has 1 aliphatic heterocycles. The Morgan fingerprint density at radius 3 is 2.50 bits per heavy atom. The molecule has 7 heteroatoms. The molecule has 1 aromatic heterocycles. The third kappa shape index (κ3) is 3.93.